The second-order valence-electron chi connectivity index (χ2n) is 1.96. The van der Waals surface area contributed by atoms with E-state index in [4.69, 9.17) is 4.79 Å². The Balaban J connectivity index is 2.90. The van der Waals surface area contributed by atoms with Gasteiger partial charge in [0.05, 0.1) is 5.57 Å². The molecule has 0 heterocycles. The Bertz CT molecular complexity index is 241. The third kappa shape index (κ3) is 1.32. The number of allylic oxidation sites excluding steroid dienone is 7. The second kappa shape index (κ2) is 2.97. The minimum Gasteiger partial charge on any atom is -0.273 e. The van der Waals surface area contributed by atoms with Gasteiger partial charge in [-0.05, 0) is 12.2 Å². The fourth-order valence-corrected chi connectivity index (χ4v) is 0.755. The summed E-state index contributed by atoms with van der Waals surface area (Å²) in [6.45, 7) is 3.53. The van der Waals surface area contributed by atoms with E-state index in [-0.39, 0.29) is 0 Å². The summed E-state index contributed by atoms with van der Waals surface area (Å²) in [6, 6.07) is 0. The molecule has 0 unspecified atom stereocenters. The lowest BCUT2D eigenvalue weighted by molar-refractivity contribution is 0.681. The molecule has 0 radical (unpaired) electrons. The minimum atomic E-state index is 0.294. The summed E-state index contributed by atoms with van der Waals surface area (Å²) in [5.74, 6) is 0.294. The quantitative estimate of drug-likeness (QED) is 0.384. The van der Waals surface area contributed by atoms with Gasteiger partial charge in [-0.2, -0.15) is 0 Å². The van der Waals surface area contributed by atoms with Crippen molar-refractivity contribution < 1.29 is 4.79 Å². The van der Waals surface area contributed by atoms with Crippen LogP contribution in [0, 0.1) is 0 Å². The van der Waals surface area contributed by atoms with Gasteiger partial charge in [-0.15, -0.1) is 0 Å². The number of rotatable bonds is 1. The lowest BCUT2D eigenvalue weighted by Gasteiger charge is -1.91. The van der Waals surface area contributed by atoms with E-state index in [1.807, 2.05) is 12.2 Å². The van der Waals surface area contributed by atoms with Gasteiger partial charge in [-0.25, -0.2) is 0 Å². The molecule has 0 aromatic rings. The predicted molar refractivity (Wildman–Crippen MR) is 43.5 cm³/mol. The van der Waals surface area contributed by atoms with Crippen LogP contribution in [0.1, 0.15) is 0 Å². The molecule has 1 rings (SSSR count). The van der Waals surface area contributed by atoms with Gasteiger partial charge in [-0.1, -0.05) is 24.8 Å². The third-order valence-electron chi connectivity index (χ3n) is 1.23. The number of ketones is 1. The molecule has 0 saturated carbocycles. The highest BCUT2D eigenvalue weighted by Gasteiger charge is 2.09. The molecule has 10 heavy (non-hydrogen) atoms. The van der Waals surface area contributed by atoms with E-state index >= 15 is 0 Å². The van der Waals surface area contributed by atoms with Crippen LogP contribution >= 0.6 is 0 Å². The molecule has 50 valence electrons. The molecule has 0 aromatic carbocycles. The Morgan fingerprint density at radius 2 is 2.00 bits per heavy atom. The van der Waals surface area contributed by atoms with Crippen molar-refractivity contribution in [3.8, 4) is 0 Å². The largest absolute Gasteiger partial charge is 0.347 e. The molecule has 1 heteroatoms. The summed E-state index contributed by atoms with van der Waals surface area (Å²) >= 11 is 0. The van der Waals surface area contributed by atoms with Crippen LogP contribution in [0.15, 0.2) is 48.6 Å². The molecule has 0 aliphatic heterocycles. The van der Waals surface area contributed by atoms with Gasteiger partial charge in [0.1, 0.15) is 0 Å². The maximum atomic E-state index is 9.16. The van der Waals surface area contributed by atoms with Crippen LogP contribution < -0.4 is 0 Å². The topological polar surface area (TPSA) is 21.4 Å². The maximum Gasteiger partial charge on any atom is 0.347 e. The van der Waals surface area contributed by atoms with E-state index < -0.39 is 0 Å². The molecule has 0 amide bonds. The molecule has 0 bridgehead atoms. The standard InChI is InChI=1S/C9H8O/c1-2-5-8-6-3-4-7-9(8)10/h2-7H,1H2/p+1. The van der Waals surface area contributed by atoms with E-state index in [0.717, 1.165) is 5.57 Å². The van der Waals surface area contributed by atoms with Crippen molar-refractivity contribution >= 4 is 5.78 Å². The van der Waals surface area contributed by atoms with Crippen LogP contribution in [0.25, 0.3) is 0 Å². The molecule has 0 fully saturated rings. The molecule has 1 nitrogen and oxygen atoms in total. The summed E-state index contributed by atoms with van der Waals surface area (Å²) in [7, 11) is 0. The first-order chi connectivity index (χ1) is 4.84. The Morgan fingerprint density at radius 3 is 2.60 bits per heavy atom. The molecule has 1 aliphatic rings. The molecule has 0 spiro atoms. The highest BCUT2D eigenvalue weighted by Crippen LogP contribution is 2.05. The molecule has 1 aliphatic carbocycles. The van der Waals surface area contributed by atoms with Gasteiger partial charge < -0.3 is 0 Å². The number of hydrogen-bond acceptors (Lipinski definition) is 0. The van der Waals surface area contributed by atoms with Crippen molar-refractivity contribution in [2.75, 3.05) is 0 Å². The van der Waals surface area contributed by atoms with E-state index in [0.29, 0.717) is 5.78 Å². The van der Waals surface area contributed by atoms with Crippen molar-refractivity contribution in [2.45, 2.75) is 0 Å². The van der Waals surface area contributed by atoms with Gasteiger partial charge in [0.25, 0.3) is 0 Å². The molecule has 0 atom stereocenters. The zero-order chi connectivity index (χ0) is 7.40. The summed E-state index contributed by atoms with van der Waals surface area (Å²) in [6.07, 6.45) is 10.5. The van der Waals surface area contributed by atoms with E-state index in [2.05, 4.69) is 6.58 Å². The van der Waals surface area contributed by atoms with Crippen molar-refractivity contribution in [3.05, 3.63) is 48.6 Å². The van der Waals surface area contributed by atoms with Crippen molar-refractivity contribution in [3.63, 3.8) is 0 Å². The molecular weight excluding hydrogens is 124 g/mol. The van der Waals surface area contributed by atoms with Crippen molar-refractivity contribution in [1.82, 2.24) is 0 Å². The zero-order valence-electron chi connectivity index (χ0n) is 5.62. The third-order valence-corrected chi connectivity index (χ3v) is 1.23. The fourth-order valence-electron chi connectivity index (χ4n) is 0.755. The highest BCUT2D eigenvalue weighted by molar-refractivity contribution is 6.08. The highest BCUT2D eigenvalue weighted by atomic mass is 16.1. The van der Waals surface area contributed by atoms with Crippen LogP contribution in [-0.2, 0) is 0 Å². The SMILES string of the molecule is C=CC=C1C=CC=CC1=[OH+]. The second-order valence-corrected chi connectivity index (χ2v) is 1.96. The lowest BCUT2D eigenvalue weighted by Crippen LogP contribution is -1.98. The first-order valence-electron chi connectivity index (χ1n) is 3.08. The number of hydrogen-bond donors (Lipinski definition) is 0. The van der Waals surface area contributed by atoms with E-state index in [1.54, 1.807) is 24.3 Å². The molecule has 0 aromatic heterocycles. The van der Waals surface area contributed by atoms with Crippen LogP contribution in [0.3, 0.4) is 0 Å². The smallest absolute Gasteiger partial charge is 0.273 e. The molecule has 0 saturated heterocycles. The van der Waals surface area contributed by atoms with Gasteiger partial charge in [0.15, 0.2) is 0 Å². The van der Waals surface area contributed by atoms with Gasteiger partial charge >= 0.3 is 5.78 Å². The minimum absolute atomic E-state index is 0.294. The number of carbonyl (C=O) groups excluding carboxylic acids is 1. The zero-order valence-corrected chi connectivity index (χ0v) is 5.62. The molecule has 1 N–H and O–H groups in total. The molecular formula is C9H9O+. The first kappa shape index (κ1) is 6.75. The van der Waals surface area contributed by atoms with E-state index in [9.17, 15) is 0 Å². The van der Waals surface area contributed by atoms with Crippen LogP contribution in [0.4, 0.5) is 0 Å². The lowest BCUT2D eigenvalue weighted by atomic mass is 10.1. The Morgan fingerprint density at radius 1 is 1.30 bits per heavy atom. The van der Waals surface area contributed by atoms with E-state index in [1.165, 1.54) is 0 Å². The summed E-state index contributed by atoms with van der Waals surface area (Å²) < 4.78 is 0. The Kier molecular flexibility index (Phi) is 2.00. The van der Waals surface area contributed by atoms with Crippen LogP contribution in [-0.4, -0.2) is 10.6 Å². The van der Waals surface area contributed by atoms with Gasteiger partial charge in [-0.3, -0.25) is 4.79 Å². The monoisotopic (exact) mass is 133 g/mol. The first-order valence-corrected chi connectivity index (χ1v) is 3.08. The average molecular weight is 133 g/mol. The predicted octanol–water partition coefficient (Wildman–Crippen LogP) is 1.77. The average Bonchev–Trinajstić information content (AvgIpc) is 1.94. The summed E-state index contributed by atoms with van der Waals surface area (Å²) in [5.41, 5.74) is 0.803. The Labute approximate surface area is 60.1 Å². The van der Waals surface area contributed by atoms with Crippen LogP contribution in [0.5, 0.6) is 0 Å². The van der Waals surface area contributed by atoms with Crippen LogP contribution in [0.2, 0.25) is 0 Å². The van der Waals surface area contributed by atoms with Crippen molar-refractivity contribution in [2.24, 2.45) is 0 Å². The summed E-state index contributed by atoms with van der Waals surface area (Å²) in [5, 5.41) is 0. The fraction of sp³-hybridized carbons (Fsp3) is 0. The van der Waals surface area contributed by atoms with Crippen molar-refractivity contribution in [1.29, 1.82) is 0 Å². The maximum absolute atomic E-state index is 9.16. The summed E-state index contributed by atoms with van der Waals surface area (Å²) in [4.78, 5) is 9.16. The Hall–Kier alpha value is -1.37. The normalized spacial score (nSPS) is 20.0. The van der Waals surface area contributed by atoms with Gasteiger partial charge in [0.2, 0.25) is 0 Å². The van der Waals surface area contributed by atoms with Gasteiger partial charge in [0, 0.05) is 6.08 Å².